The molecule has 1 aromatic heterocycles. The third-order valence-electron chi connectivity index (χ3n) is 2.79. The Labute approximate surface area is 116 Å². The minimum Gasteiger partial charge on any atom is -0.435 e. The van der Waals surface area contributed by atoms with Crippen LogP contribution in [-0.4, -0.2) is 16.4 Å². The molecular formula is C14H17F2N3O. The summed E-state index contributed by atoms with van der Waals surface area (Å²) in [5.41, 5.74) is 1.93. The molecule has 0 aliphatic heterocycles. The first-order valence-corrected chi connectivity index (χ1v) is 6.48. The summed E-state index contributed by atoms with van der Waals surface area (Å²) in [4.78, 5) is 0. The standard InChI is InChI=1S/C14H17F2N3O/c1-2-9-19-12(7-8-18-19)10-17-11-3-5-13(6-4-11)20-14(15)16/h3-8,14,17H,2,9-10H2,1H3. The lowest BCUT2D eigenvalue weighted by molar-refractivity contribution is -0.0498. The number of halogens is 2. The molecule has 0 unspecified atom stereocenters. The average molecular weight is 281 g/mol. The van der Waals surface area contributed by atoms with Crippen LogP contribution in [0.4, 0.5) is 14.5 Å². The van der Waals surface area contributed by atoms with Crippen LogP contribution in [0.5, 0.6) is 5.75 Å². The molecule has 0 spiro atoms. The molecule has 6 heteroatoms. The van der Waals surface area contributed by atoms with Crippen LogP contribution in [-0.2, 0) is 13.1 Å². The van der Waals surface area contributed by atoms with Crippen molar-refractivity contribution >= 4 is 5.69 Å². The van der Waals surface area contributed by atoms with Gasteiger partial charge in [-0.05, 0) is 36.8 Å². The normalized spacial score (nSPS) is 10.8. The molecule has 0 aliphatic rings. The summed E-state index contributed by atoms with van der Waals surface area (Å²) in [5, 5.41) is 7.46. The molecule has 0 bridgehead atoms. The van der Waals surface area contributed by atoms with E-state index in [-0.39, 0.29) is 5.75 Å². The van der Waals surface area contributed by atoms with Crippen LogP contribution in [0.25, 0.3) is 0 Å². The van der Waals surface area contributed by atoms with E-state index in [1.54, 1.807) is 18.3 Å². The number of aryl methyl sites for hydroxylation is 1. The molecule has 2 aromatic rings. The van der Waals surface area contributed by atoms with Crippen molar-refractivity contribution in [3.63, 3.8) is 0 Å². The summed E-state index contributed by atoms with van der Waals surface area (Å²) in [6, 6.07) is 8.39. The molecule has 2 rings (SSSR count). The molecule has 0 radical (unpaired) electrons. The predicted octanol–water partition coefficient (Wildman–Crippen LogP) is 3.51. The minimum absolute atomic E-state index is 0.154. The number of aromatic nitrogens is 2. The van der Waals surface area contributed by atoms with Gasteiger partial charge in [0.05, 0.1) is 12.2 Å². The monoisotopic (exact) mass is 281 g/mol. The Morgan fingerprint density at radius 1 is 1.25 bits per heavy atom. The molecule has 1 N–H and O–H groups in total. The molecule has 0 aliphatic carbocycles. The summed E-state index contributed by atoms with van der Waals surface area (Å²) in [7, 11) is 0. The van der Waals surface area contributed by atoms with Gasteiger partial charge in [-0.15, -0.1) is 0 Å². The van der Waals surface area contributed by atoms with Crippen molar-refractivity contribution in [3.05, 3.63) is 42.2 Å². The topological polar surface area (TPSA) is 39.1 Å². The van der Waals surface area contributed by atoms with Gasteiger partial charge in [0.1, 0.15) is 5.75 Å². The maximum absolute atomic E-state index is 12.0. The lowest BCUT2D eigenvalue weighted by atomic mass is 10.3. The maximum Gasteiger partial charge on any atom is 0.387 e. The molecule has 108 valence electrons. The highest BCUT2D eigenvalue weighted by Crippen LogP contribution is 2.18. The first-order valence-electron chi connectivity index (χ1n) is 6.48. The van der Waals surface area contributed by atoms with E-state index in [1.165, 1.54) is 12.1 Å². The Morgan fingerprint density at radius 3 is 2.65 bits per heavy atom. The Hall–Kier alpha value is -2.11. The molecule has 0 saturated heterocycles. The van der Waals surface area contributed by atoms with Gasteiger partial charge in [-0.1, -0.05) is 6.92 Å². The van der Waals surface area contributed by atoms with Gasteiger partial charge in [-0.2, -0.15) is 13.9 Å². The number of hydrogen-bond acceptors (Lipinski definition) is 3. The minimum atomic E-state index is -2.79. The zero-order valence-electron chi connectivity index (χ0n) is 11.2. The van der Waals surface area contributed by atoms with Gasteiger partial charge in [-0.3, -0.25) is 4.68 Å². The quantitative estimate of drug-likeness (QED) is 0.844. The number of anilines is 1. The molecular weight excluding hydrogens is 264 g/mol. The van der Waals surface area contributed by atoms with Crippen molar-refractivity contribution in [1.82, 2.24) is 9.78 Å². The number of benzene rings is 1. The Kier molecular flexibility index (Phi) is 4.92. The second-order valence-corrected chi connectivity index (χ2v) is 4.30. The number of hydrogen-bond donors (Lipinski definition) is 1. The largest absolute Gasteiger partial charge is 0.435 e. The zero-order chi connectivity index (χ0) is 14.4. The van der Waals surface area contributed by atoms with Gasteiger partial charge in [0.25, 0.3) is 0 Å². The summed E-state index contributed by atoms with van der Waals surface area (Å²) in [6.07, 6.45) is 2.79. The second-order valence-electron chi connectivity index (χ2n) is 4.30. The van der Waals surface area contributed by atoms with Crippen molar-refractivity contribution in [1.29, 1.82) is 0 Å². The number of ether oxygens (including phenoxy) is 1. The molecule has 0 amide bonds. The van der Waals surface area contributed by atoms with Crippen LogP contribution in [0, 0.1) is 0 Å². The number of nitrogens with one attached hydrogen (secondary N) is 1. The third-order valence-corrected chi connectivity index (χ3v) is 2.79. The number of rotatable bonds is 7. The van der Waals surface area contributed by atoms with Gasteiger partial charge in [0.15, 0.2) is 0 Å². The Morgan fingerprint density at radius 2 is 2.00 bits per heavy atom. The van der Waals surface area contributed by atoms with Crippen LogP contribution in [0.1, 0.15) is 19.0 Å². The molecule has 20 heavy (non-hydrogen) atoms. The first-order chi connectivity index (χ1) is 9.69. The van der Waals surface area contributed by atoms with Crippen LogP contribution in [0.3, 0.4) is 0 Å². The average Bonchev–Trinajstić information content (AvgIpc) is 2.85. The molecule has 1 heterocycles. The Balaban J connectivity index is 1.92. The van der Waals surface area contributed by atoms with E-state index < -0.39 is 6.61 Å². The fourth-order valence-corrected chi connectivity index (χ4v) is 1.87. The van der Waals surface area contributed by atoms with Crippen molar-refractivity contribution in [3.8, 4) is 5.75 Å². The van der Waals surface area contributed by atoms with Crippen LogP contribution in [0.15, 0.2) is 36.5 Å². The van der Waals surface area contributed by atoms with Crippen LogP contribution in [0.2, 0.25) is 0 Å². The van der Waals surface area contributed by atoms with E-state index in [0.29, 0.717) is 6.54 Å². The summed E-state index contributed by atoms with van der Waals surface area (Å²) in [6.45, 7) is 0.818. The molecule has 0 atom stereocenters. The van der Waals surface area contributed by atoms with Gasteiger partial charge in [0, 0.05) is 18.4 Å². The second kappa shape index (κ2) is 6.88. The highest BCUT2D eigenvalue weighted by molar-refractivity contribution is 5.46. The molecule has 4 nitrogen and oxygen atoms in total. The lowest BCUT2D eigenvalue weighted by Gasteiger charge is -2.10. The van der Waals surface area contributed by atoms with E-state index >= 15 is 0 Å². The SMILES string of the molecule is CCCn1nccc1CNc1ccc(OC(F)F)cc1. The Bertz CT molecular complexity index is 525. The van der Waals surface area contributed by atoms with E-state index in [4.69, 9.17) is 0 Å². The lowest BCUT2D eigenvalue weighted by Crippen LogP contribution is -2.09. The summed E-state index contributed by atoms with van der Waals surface area (Å²) < 4.78 is 30.3. The van der Waals surface area contributed by atoms with Crippen molar-refractivity contribution in [2.75, 3.05) is 5.32 Å². The number of nitrogens with zero attached hydrogens (tertiary/aromatic N) is 2. The van der Waals surface area contributed by atoms with Gasteiger partial charge in [-0.25, -0.2) is 0 Å². The van der Waals surface area contributed by atoms with E-state index in [0.717, 1.165) is 24.3 Å². The third kappa shape index (κ3) is 3.94. The van der Waals surface area contributed by atoms with Crippen molar-refractivity contribution < 1.29 is 13.5 Å². The first kappa shape index (κ1) is 14.3. The van der Waals surface area contributed by atoms with Gasteiger partial charge in [0.2, 0.25) is 0 Å². The smallest absolute Gasteiger partial charge is 0.387 e. The van der Waals surface area contributed by atoms with E-state index in [9.17, 15) is 8.78 Å². The summed E-state index contributed by atoms with van der Waals surface area (Å²) >= 11 is 0. The zero-order valence-corrected chi connectivity index (χ0v) is 11.2. The van der Waals surface area contributed by atoms with Crippen LogP contribution >= 0.6 is 0 Å². The van der Waals surface area contributed by atoms with E-state index in [2.05, 4.69) is 22.1 Å². The fourth-order valence-electron chi connectivity index (χ4n) is 1.87. The predicted molar refractivity (Wildman–Crippen MR) is 72.9 cm³/mol. The highest BCUT2D eigenvalue weighted by Gasteiger charge is 2.04. The molecule has 1 aromatic carbocycles. The van der Waals surface area contributed by atoms with Crippen molar-refractivity contribution in [2.45, 2.75) is 33.0 Å². The maximum atomic E-state index is 12.0. The molecule has 0 fully saturated rings. The summed E-state index contributed by atoms with van der Waals surface area (Å²) in [5.74, 6) is 0.154. The van der Waals surface area contributed by atoms with Crippen molar-refractivity contribution in [2.24, 2.45) is 0 Å². The van der Waals surface area contributed by atoms with E-state index in [1.807, 2.05) is 10.7 Å². The van der Waals surface area contributed by atoms with Gasteiger partial charge >= 0.3 is 6.61 Å². The fraction of sp³-hybridized carbons (Fsp3) is 0.357. The van der Waals surface area contributed by atoms with Gasteiger partial charge < -0.3 is 10.1 Å². The van der Waals surface area contributed by atoms with Crippen LogP contribution < -0.4 is 10.1 Å². The highest BCUT2D eigenvalue weighted by atomic mass is 19.3. The molecule has 0 saturated carbocycles. The number of alkyl halides is 2.